The van der Waals surface area contributed by atoms with Crippen molar-refractivity contribution in [1.82, 2.24) is 15.5 Å². The maximum Gasteiger partial charge on any atom is 0.324 e. The fourth-order valence-electron chi connectivity index (χ4n) is 3.39. The van der Waals surface area contributed by atoms with Crippen molar-refractivity contribution in [2.75, 3.05) is 33.3 Å². The van der Waals surface area contributed by atoms with E-state index in [1.165, 1.54) is 25.7 Å². The molecule has 1 heterocycles. The van der Waals surface area contributed by atoms with Crippen molar-refractivity contribution in [1.29, 1.82) is 0 Å². The minimum Gasteiger partial charge on any atom is -0.493 e. The summed E-state index contributed by atoms with van der Waals surface area (Å²) < 4.78 is 5.91. The summed E-state index contributed by atoms with van der Waals surface area (Å²) in [6.45, 7) is 3.56. The Bertz CT molecular complexity index is 635. The Morgan fingerprint density at radius 2 is 1.90 bits per heavy atom. The van der Waals surface area contributed by atoms with E-state index >= 15 is 0 Å². The molecule has 0 saturated carbocycles. The van der Waals surface area contributed by atoms with Gasteiger partial charge in [0.2, 0.25) is 0 Å². The Hall–Kier alpha value is -2.28. The van der Waals surface area contributed by atoms with E-state index in [4.69, 9.17) is 10.5 Å². The summed E-state index contributed by atoms with van der Waals surface area (Å²) in [6.07, 6.45) is 8.93. The fraction of sp³-hybridized carbons (Fsp3) is 0.636. The average Bonchev–Trinajstić information content (AvgIpc) is 2.73. The van der Waals surface area contributed by atoms with Crippen molar-refractivity contribution in [2.24, 2.45) is 10.7 Å². The summed E-state index contributed by atoms with van der Waals surface area (Å²) in [5.74, 6) is 0.986. The Labute approximate surface area is 175 Å². The quantitative estimate of drug-likeness (QED) is 0.552. The maximum atomic E-state index is 12.6. The number of para-hydroxylation sites is 1. The minimum atomic E-state index is -0.159. The molecule has 162 valence electrons. The molecule has 7 nitrogen and oxygen atoms in total. The standard InChI is InChI=1S/C22H37N5O2/c1-24-14-8-4-2-3-5-9-15-27-16-10-11-17-29-20-13-7-6-12-19(20)18-25-21(23)26-22(27)28/h6-7,12-13,24H,2-5,8-11,14-18H2,1H3,(H3,23,25,26,28). The summed E-state index contributed by atoms with van der Waals surface area (Å²) in [6, 6.07) is 7.67. The molecule has 0 unspecified atom stereocenters. The highest BCUT2D eigenvalue weighted by atomic mass is 16.5. The van der Waals surface area contributed by atoms with Gasteiger partial charge < -0.3 is 20.7 Å². The first-order valence-corrected chi connectivity index (χ1v) is 10.9. The number of nitrogens with one attached hydrogen (secondary N) is 2. The minimum absolute atomic E-state index is 0.151. The molecule has 1 aromatic carbocycles. The van der Waals surface area contributed by atoms with Crippen LogP contribution in [0.3, 0.4) is 0 Å². The number of nitrogens with two attached hydrogens (primary N) is 1. The second-order valence-electron chi connectivity index (χ2n) is 7.51. The molecule has 1 aromatic rings. The number of carbonyl (C=O) groups is 1. The molecular weight excluding hydrogens is 366 g/mol. The zero-order valence-corrected chi connectivity index (χ0v) is 17.8. The van der Waals surface area contributed by atoms with Gasteiger partial charge in [-0.05, 0) is 45.3 Å². The van der Waals surface area contributed by atoms with Crippen molar-refractivity contribution < 1.29 is 9.53 Å². The Morgan fingerprint density at radius 3 is 2.72 bits per heavy atom. The van der Waals surface area contributed by atoms with Gasteiger partial charge in [-0.25, -0.2) is 9.79 Å². The van der Waals surface area contributed by atoms with E-state index in [0.717, 1.165) is 50.1 Å². The van der Waals surface area contributed by atoms with Gasteiger partial charge >= 0.3 is 6.03 Å². The van der Waals surface area contributed by atoms with Crippen LogP contribution in [0.25, 0.3) is 0 Å². The molecule has 0 saturated heterocycles. The highest BCUT2D eigenvalue weighted by Crippen LogP contribution is 2.19. The van der Waals surface area contributed by atoms with Crippen molar-refractivity contribution in [3.63, 3.8) is 0 Å². The second-order valence-corrected chi connectivity index (χ2v) is 7.51. The molecule has 0 aromatic heterocycles. The molecule has 0 atom stereocenters. The largest absolute Gasteiger partial charge is 0.493 e. The lowest BCUT2D eigenvalue weighted by Crippen LogP contribution is -2.46. The molecule has 2 rings (SSSR count). The lowest BCUT2D eigenvalue weighted by Gasteiger charge is -2.23. The van der Waals surface area contributed by atoms with Crippen LogP contribution in [0.1, 0.15) is 56.9 Å². The third-order valence-corrected chi connectivity index (χ3v) is 5.10. The average molecular weight is 404 g/mol. The van der Waals surface area contributed by atoms with E-state index in [1.807, 2.05) is 36.2 Å². The molecule has 1 aliphatic heterocycles. The van der Waals surface area contributed by atoms with Crippen molar-refractivity contribution in [3.8, 4) is 5.75 Å². The SMILES string of the molecule is CNCCCCCCCCN1CCCCOc2ccccc2CN=C(N)NC1=O. The molecule has 0 aliphatic carbocycles. The number of fused-ring (bicyclic) bond motifs is 1. The third-order valence-electron chi connectivity index (χ3n) is 5.10. The number of carbonyl (C=O) groups excluding carboxylic acids is 1. The number of ether oxygens (including phenoxy) is 1. The van der Waals surface area contributed by atoms with Gasteiger partial charge in [0.1, 0.15) is 5.75 Å². The summed E-state index contributed by atoms with van der Waals surface area (Å²) in [5.41, 5.74) is 6.91. The van der Waals surface area contributed by atoms with E-state index in [-0.39, 0.29) is 12.0 Å². The van der Waals surface area contributed by atoms with Crippen molar-refractivity contribution >= 4 is 12.0 Å². The predicted molar refractivity (Wildman–Crippen MR) is 118 cm³/mol. The van der Waals surface area contributed by atoms with Crippen molar-refractivity contribution in [3.05, 3.63) is 29.8 Å². The molecule has 7 heteroatoms. The van der Waals surface area contributed by atoms with Crippen LogP contribution in [0.2, 0.25) is 0 Å². The van der Waals surface area contributed by atoms with Gasteiger partial charge in [0.15, 0.2) is 5.96 Å². The topological polar surface area (TPSA) is 92.0 Å². The van der Waals surface area contributed by atoms with Crippen LogP contribution in [0.15, 0.2) is 29.3 Å². The number of guanidine groups is 1. The van der Waals surface area contributed by atoms with Crippen LogP contribution in [-0.2, 0) is 6.54 Å². The normalized spacial score (nSPS) is 15.8. The number of urea groups is 1. The Balaban J connectivity index is 1.82. The molecule has 1 aliphatic rings. The monoisotopic (exact) mass is 403 g/mol. The van der Waals surface area contributed by atoms with Crippen molar-refractivity contribution in [2.45, 2.75) is 57.9 Å². The van der Waals surface area contributed by atoms with Gasteiger partial charge in [-0.1, -0.05) is 43.9 Å². The van der Waals surface area contributed by atoms with Gasteiger partial charge in [0.25, 0.3) is 0 Å². The first-order chi connectivity index (χ1) is 14.2. The highest BCUT2D eigenvalue weighted by molar-refractivity contribution is 5.95. The molecule has 0 radical (unpaired) electrons. The number of unbranched alkanes of at least 4 members (excludes halogenated alkanes) is 5. The highest BCUT2D eigenvalue weighted by Gasteiger charge is 2.14. The van der Waals surface area contributed by atoms with Gasteiger partial charge in [0.05, 0.1) is 13.2 Å². The summed E-state index contributed by atoms with van der Waals surface area (Å²) >= 11 is 0. The van der Waals surface area contributed by atoms with E-state index in [9.17, 15) is 4.79 Å². The lowest BCUT2D eigenvalue weighted by atomic mass is 10.1. The maximum absolute atomic E-state index is 12.6. The number of hydrogen-bond donors (Lipinski definition) is 3. The molecule has 0 spiro atoms. The molecule has 4 N–H and O–H groups in total. The fourth-order valence-corrected chi connectivity index (χ4v) is 3.39. The number of benzene rings is 1. The number of hydrogen-bond acceptors (Lipinski definition) is 5. The number of aliphatic imine (C=N–C) groups is 1. The van der Waals surface area contributed by atoms with Crippen LogP contribution >= 0.6 is 0 Å². The van der Waals surface area contributed by atoms with Crippen LogP contribution in [-0.4, -0.2) is 50.2 Å². The molecule has 0 fully saturated rings. The molecular formula is C22H37N5O2. The van der Waals surface area contributed by atoms with Crippen LogP contribution < -0.4 is 21.1 Å². The van der Waals surface area contributed by atoms with Crippen LogP contribution in [0, 0.1) is 0 Å². The number of rotatable bonds is 9. The summed E-state index contributed by atoms with van der Waals surface area (Å²) in [7, 11) is 1.99. The molecule has 29 heavy (non-hydrogen) atoms. The summed E-state index contributed by atoms with van der Waals surface area (Å²) in [4.78, 5) is 18.8. The van der Waals surface area contributed by atoms with Gasteiger partial charge in [-0.3, -0.25) is 5.32 Å². The Kier molecular flexibility index (Phi) is 11.0. The first kappa shape index (κ1) is 23.0. The Morgan fingerprint density at radius 1 is 1.14 bits per heavy atom. The predicted octanol–water partition coefficient (Wildman–Crippen LogP) is 3.25. The van der Waals surface area contributed by atoms with Gasteiger partial charge in [-0.2, -0.15) is 0 Å². The number of amides is 2. The molecule has 0 bridgehead atoms. The second kappa shape index (κ2) is 13.8. The first-order valence-electron chi connectivity index (χ1n) is 10.9. The zero-order chi connectivity index (χ0) is 20.7. The smallest absolute Gasteiger partial charge is 0.324 e. The van der Waals surface area contributed by atoms with Gasteiger partial charge in [-0.15, -0.1) is 0 Å². The summed E-state index contributed by atoms with van der Waals surface area (Å²) in [5, 5.41) is 5.92. The van der Waals surface area contributed by atoms with Gasteiger partial charge in [0, 0.05) is 18.7 Å². The number of nitrogens with zero attached hydrogens (tertiary/aromatic N) is 2. The zero-order valence-electron chi connectivity index (χ0n) is 17.8. The lowest BCUT2D eigenvalue weighted by molar-refractivity contribution is 0.198. The van der Waals surface area contributed by atoms with E-state index < -0.39 is 0 Å². The van der Waals surface area contributed by atoms with Crippen LogP contribution in [0.4, 0.5) is 4.79 Å². The molecule has 2 amide bonds. The third kappa shape index (κ3) is 9.17. The van der Waals surface area contributed by atoms with Crippen LogP contribution in [0.5, 0.6) is 5.75 Å². The van der Waals surface area contributed by atoms with E-state index in [1.54, 1.807) is 0 Å². The van der Waals surface area contributed by atoms with E-state index in [2.05, 4.69) is 15.6 Å². The van der Waals surface area contributed by atoms with E-state index in [0.29, 0.717) is 19.7 Å².